The number of hydrogen-bond donors (Lipinski definition) is 1. The molecule has 1 saturated carbocycles. The number of likely N-dealkylation sites (N-methyl/N-ethyl adjacent to an activating group) is 1. The highest BCUT2D eigenvalue weighted by molar-refractivity contribution is 5.28. The van der Waals surface area contributed by atoms with Crippen molar-refractivity contribution in [2.24, 2.45) is 0 Å². The molecule has 1 fully saturated rings. The molecule has 3 nitrogen and oxygen atoms in total. The van der Waals surface area contributed by atoms with Crippen LogP contribution in [0.15, 0.2) is 24.3 Å². The number of methoxy groups -OCH3 is 1. The Morgan fingerprint density at radius 1 is 1.15 bits per heavy atom. The Balaban J connectivity index is 2.02. The Hall–Kier alpha value is -1.06. The third-order valence-corrected chi connectivity index (χ3v) is 4.07. The predicted octanol–water partition coefficient (Wildman–Crippen LogP) is 3.52. The predicted molar refractivity (Wildman–Crippen MR) is 82.1 cm³/mol. The SMILES string of the molecule is CNC1CCCCCCC1Oc1cccc(COC)c1. The molecule has 1 aliphatic rings. The van der Waals surface area contributed by atoms with Gasteiger partial charge in [-0.25, -0.2) is 0 Å². The summed E-state index contributed by atoms with van der Waals surface area (Å²) < 4.78 is 11.4. The van der Waals surface area contributed by atoms with E-state index >= 15 is 0 Å². The molecular weight excluding hydrogens is 250 g/mol. The Labute approximate surface area is 122 Å². The molecular formula is C17H27NO2. The summed E-state index contributed by atoms with van der Waals surface area (Å²) in [6, 6.07) is 8.71. The molecule has 112 valence electrons. The fourth-order valence-electron chi connectivity index (χ4n) is 2.97. The van der Waals surface area contributed by atoms with E-state index in [1.165, 1.54) is 32.1 Å². The van der Waals surface area contributed by atoms with Gasteiger partial charge in [0, 0.05) is 13.2 Å². The van der Waals surface area contributed by atoms with Crippen molar-refractivity contribution in [3.8, 4) is 5.75 Å². The van der Waals surface area contributed by atoms with Gasteiger partial charge in [-0.2, -0.15) is 0 Å². The maximum absolute atomic E-state index is 6.26. The molecule has 0 saturated heterocycles. The highest BCUT2D eigenvalue weighted by Gasteiger charge is 2.23. The van der Waals surface area contributed by atoms with Crippen LogP contribution in [-0.4, -0.2) is 26.3 Å². The summed E-state index contributed by atoms with van der Waals surface area (Å²) in [7, 11) is 3.77. The first-order valence-electron chi connectivity index (χ1n) is 7.75. The summed E-state index contributed by atoms with van der Waals surface area (Å²) in [5, 5.41) is 3.43. The largest absolute Gasteiger partial charge is 0.489 e. The van der Waals surface area contributed by atoms with Gasteiger partial charge in [-0.05, 0) is 44.0 Å². The highest BCUT2D eigenvalue weighted by Crippen LogP contribution is 2.23. The van der Waals surface area contributed by atoms with Crippen LogP contribution in [0.25, 0.3) is 0 Å². The van der Waals surface area contributed by atoms with Crippen molar-refractivity contribution in [2.75, 3.05) is 14.2 Å². The van der Waals surface area contributed by atoms with Gasteiger partial charge in [0.1, 0.15) is 11.9 Å². The Morgan fingerprint density at radius 2 is 1.95 bits per heavy atom. The fraction of sp³-hybridized carbons (Fsp3) is 0.647. The van der Waals surface area contributed by atoms with E-state index in [2.05, 4.69) is 17.4 Å². The van der Waals surface area contributed by atoms with E-state index in [0.717, 1.165) is 17.7 Å². The molecule has 1 aromatic rings. The second-order valence-corrected chi connectivity index (χ2v) is 5.62. The quantitative estimate of drug-likeness (QED) is 0.893. The molecule has 2 atom stereocenters. The molecule has 0 aliphatic heterocycles. The fourth-order valence-corrected chi connectivity index (χ4v) is 2.97. The van der Waals surface area contributed by atoms with E-state index in [1.54, 1.807) is 7.11 Å². The standard InChI is InChI=1S/C17H27NO2/c1-18-16-10-5-3-4-6-11-17(16)20-15-9-7-8-14(12-15)13-19-2/h7-9,12,16-18H,3-6,10-11,13H2,1-2H3. The van der Waals surface area contributed by atoms with Crippen LogP contribution in [0.2, 0.25) is 0 Å². The van der Waals surface area contributed by atoms with Gasteiger partial charge >= 0.3 is 0 Å². The van der Waals surface area contributed by atoms with Crippen LogP contribution in [0.4, 0.5) is 0 Å². The van der Waals surface area contributed by atoms with Gasteiger partial charge < -0.3 is 14.8 Å². The zero-order valence-corrected chi connectivity index (χ0v) is 12.7. The Bertz CT molecular complexity index is 394. The number of nitrogens with one attached hydrogen (secondary N) is 1. The van der Waals surface area contributed by atoms with Crippen LogP contribution in [0.1, 0.15) is 44.1 Å². The number of rotatable bonds is 5. The van der Waals surface area contributed by atoms with E-state index in [0.29, 0.717) is 12.6 Å². The lowest BCUT2D eigenvalue weighted by atomic mass is 9.94. The minimum atomic E-state index is 0.276. The Kier molecular flexibility index (Phi) is 6.34. The molecule has 20 heavy (non-hydrogen) atoms. The van der Waals surface area contributed by atoms with E-state index in [4.69, 9.17) is 9.47 Å². The summed E-state index contributed by atoms with van der Waals surface area (Å²) in [5.41, 5.74) is 1.16. The molecule has 0 heterocycles. The van der Waals surface area contributed by atoms with Crippen molar-refractivity contribution >= 4 is 0 Å². The maximum atomic E-state index is 6.26. The van der Waals surface area contributed by atoms with Gasteiger partial charge in [0.15, 0.2) is 0 Å². The minimum absolute atomic E-state index is 0.276. The maximum Gasteiger partial charge on any atom is 0.120 e. The molecule has 0 spiro atoms. The average molecular weight is 277 g/mol. The Morgan fingerprint density at radius 3 is 2.70 bits per heavy atom. The van der Waals surface area contributed by atoms with Gasteiger partial charge in [0.05, 0.1) is 6.61 Å². The summed E-state index contributed by atoms with van der Waals surface area (Å²) in [5.74, 6) is 0.963. The molecule has 1 aliphatic carbocycles. The molecule has 1 N–H and O–H groups in total. The first kappa shape index (κ1) is 15.3. The zero-order chi connectivity index (χ0) is 14.2. The van der Waals surface area contributed by atoms with Crippen LogP contribution in [-0.2, 0) is 11.3 Å². The number of hydrogen-bond acceptors (Lipinski definition) is 3. The van der Waals surface area contributed by atoms with Gasteiger partial charge in [-0.15, -0.1) is 0 Å². The average Bonchev–Trinajstić information content (AvgIpc) is 2.43. The van der Waals surface area contributed by atoms with Crippen molar-refractivity contribution in [3.63, 3.8) is 0 Å². The normalized spacial score (nSPS) is 23.9. The summed E-state index contributed by atoms with van der Waals surface area (Å²) in [6.07, 6.45) is 7.88. The van der Waals surface area contributed by atoms with Crippen molar-refractivity contribution in [3.05, 3.63) is 29.8 Å². The third kappa shape index (κ3) is 4.50. The zero-order valence-electron chi connectivity index (χ0n) is 12.7. The number of ether oxygens (including phenoxy) is 2. The highest BCUT2D eigenvalue weighted by atomic mass is 16.5. The first-order valence-corrected chi connectivity index (χ1v) is 7.75. The lowest BCUT2D eigenvalue weighted by Gasteiger charge is -2.29. The van der Waals surface area contributed by atoms with Crippen molar-refractivity contribution in [1.29, 1.82) is 0 Å². The molecule has 1 aromatic carbocycles. The number of benzene rings is 1. The molecule has 2 unspecified atom stereocenters. The third-order valence-electron chi connectivity index (χ3n) is 4.07. The lowest BCUT2D eigenvalue weighted by Crippen LogP contribution is -2.41. The van der Waals surface area contributed by atoms with Gasteiger partial charge in [-0.1, -0.05) is 31.4 Å². The van der Waals surface area contributed by atoms with E-state index in [-0.39, 0.29) is 6.10 Å². The van der Waals surface area contributed by atoms with Crippen LogP contribution in [0, 0.1) is 0 Å². The van der Waals surface area contributed by atoms with Crippen LogP contribution in [0.5, 0.6) is 5.75 Å². The van der Waals surface area contributed by atoms with Gasteiger partial charge in [0.25, 0.3) is 0 Å². The van der Waals surface area contributed by atoms with Crippen molar-refractivity contribution < 1.29 is 9.47 Å². The monoisotopic (exact) mass is 277 g/mol. The second kappa shape index (κ2) is 8.28. The molecule has 0 bridgehead atoms. The van der Waals surface area contributed by atoms with Gasteiger partial charge in [0.2, 0.25) is 0 Å². The molecule has 2 rings (SSSR count). The topological polar surface area (TPSA) is 30.5 Å². The first-order chi connectivity index (χ1) is 9.83. The summed E-state index contributed by atoms with van der Waals surface area (Å²) >= 11 is 0. The molecule has 3 heteroatoms. The van der Waals surface area contributed by atoms with Crippen LogP contribution < -0.4 is 10.1 Å². The second-order valence-electron chi connectivity index (χ2n) is 5.62. The van der Waals surface area contributed by atoms with Gasteiger partial charge in [-0.3, -0.25) is 0 Å². The molecule has 0 radical (unpaired) electrons. The van der Waals surface area contributed by atoms with E-state index in [1.807, 2.05) is 19.2 Å². The minimum Gasteiger partial charge on any atom is -0.489 e. The smallest absolute Gasteiger partial charge is 0.120 e. The van der Waals surface area contributed by atoms with Crippen LogP contribution >= 0.6 is 0 Å². The lowest BCUT2D eigenvalue weighted by molar-refractivity contribution is 0.130. The van der Waals surface area contributed by atoms with Crippen molar-refractivity contribution in [2.45, 2.75) is 57.3 Å². The summed E-state index contributed by atoms with van der Waals surface area (Å²) in [4.78, 5) is 0. The van der Waals surface area contributed by atoms with Crippen LogP contribution in [0.3, 0.4) is 0 Å². The van der Waals surface area contributed by atoms with E-state index in [9.17, 15) is 0 Å². The van der Waals surface area contributed by atoms with E-state index < -0.39 is 0 Å². The van der Waals surface area contributed by atoms with Crippen molar-refractivity contribution in [1.82, 2.24) is 5.32 Å². The molecule has 0 aromatic heterocycles. The summed E-state index contributed by atoms with van der Waals surface area (Å²) in [6.45, 7) is 0.636. The molecule has 0 amide bonds.